The van der Waals surface area contributed by atoms with Crippen LogP contribution in [0.15, 0.2) is 0 Å². The lowest BCUT2D eigenvalue weighted by atomic mass is 9.77. The first-order chi connectivity index (χ1) is 11.7. The third kappa shape index (κ3) is 2.83. The van der Waals surface area contributed by atoms with Gasteiger partial charge in [0, 0.05) is 32.1 Å². The molecule has 4 rings (SSSR count). The van der Waals surface area contributed by atoms with Gasteiger partial charge in [-0.25, -0.2) is 0 Å². The summed E-state index contributed by atoms with van der Waals surface area (Å²) in [5, 5.41) is 10.8. The molecule has 6 heteroatoms. The van der Waals surface area contributed by atoms with E-state index >= 15 is 0 Å². The van der Waals surface area contributed by atoms with E-state index in [1.165, 1.54) is 25.7 Å². The van der Waals surface area contributed by atoms with Crippen LogP contribution < -0.4 is 4.90 Å². The second-order valence-electron chi connectivity index (χ2n) is 7.72. The molecule has 1 aromatic rings. The molecule has 2 saturated heterocycles. The zero-order valence-corrected chi connectivity index (χ0v) is 15.5. The summed E-state index contributed by atoms with van der Waals surface area (Å²) in [6, 6.07) is 0.515. The van der Waals surface area contributed by atoms with E-state index < -0.39 is 0 Å². The molecule has 3 fully saturated rings. The van der Waals surface area contributed by atoms with E-state index in [-0.39, 0.29) is 5.41 Å². The van der Waals surface area contributed by atoms with E-state index in [1.54, 1.807) is 11.3 Å². The Bertz CT molecular complexity index is 598. The molecule has 1 aliphatic carbocycles. The average molecular weight is 349 g/mol. The second kappa shape index (κ2) is 6.62. The monoisotopic (exact) mass is 348 g/mol. The van der Waals surface area contributed by atoms with Gasteiger partial charge in [0.05, 0.1) is 5.41 Å². The van der Waals surface area contributed by atoms with Crippen molar-refractivity contribution in [2.45, 2.75) is 70.8 Å². The van der Waals surface area contributed by atoms with Crippen molar-refractivity contribution >= 4 is 22.4 Å². The molecule has 1 unspecified atom stereocenters. The lowest BCUT2D eigenvalue weighted by Gasteiger charge is -2.42. The standard InChI is InChI=1S/C18H28N4OS/c1-2-6-15-19-20-17(24-15)21-12-10-18(13-21)9-5-11-22(16(18)23)14-7-3-4-8-14/h14H,2-13H2,1H3. The maximum atomic E-state index is 13.3. The van der Waals surface area contributed by atoms with Crippen LogP contribution in [-0.4, -0.2) is 46.7 Å². The summed E-state index contributed by atoms with van der Waals surface area (Å²) >= 11 is 1.71. The van der Waals surface area contributed by atoms with Gasteiger partial charge >= 0.3 is 0 Å². The molecule has 5 nitrogen and oxygen atoms in total. The van der Waals surface area contributed by atoms with Gasteiger partial charge in [-0.05, 0) is 38.5 Å². The Morgan fingerprint density at radius 2 is 2.00 bits per heavy atom. The summed E-state index contributed by atoms with van der Waals surface area (Å²) in [7, 11) is 0. The topological polar surface area (TPSA) is 49.3 Å². The van der Waals surface area contributed by atoms with Gasteiger partial charge in [-0.15, -0.1) is 10.2 Å². The first-order valence-electron chi connectivity index (χ1n) is 9.60. The minimum absolute atomic E-state index is 0.155. The van der Waals surface area contributed by atoms with Crippen LogP contribution in [0.5, 0.6) is 0 Å². The number of hydrogen-bond acceptors (Lipinski definition) is 5. The summed E-state index contributed by atoms with van der Waals surface area (Å²) in [5.74, 6) is 0.432. The molecule has 1 atom stereocenters. The van der Waals surface area contributed by atoms with Crippen molar-refractivity contribution in [2.75, 3.05) is 24.5 Å². The molecule has 3 aliphatic rings. The molecule has 132 valence electrons. The fourth-order valence-corrected chi connectivity index (χ4v) is 5.73. The Balaban J connectivity index is 1.48. The van der Waals surface area contributed by atoms with Crippen molar-refractivity contribution in [3.8, 4) is 0 Å². The quantitative estimate of drug-likeness (QED) is 0.838. The molecule has 1 saturated carbocycles. The maximum absolute atomic E-state index is 13.3. The number of carbonyl (C=O) groups excluding carboxylic acids is 1. The zero-order chi connectivity index (χ0) is 16.6. The molecular weight excluding hydrogens is 320 g/mol. The first-order valence-corrected chi connectivity index (χ1v) is 10.4. The number of hydrogen-bond donors (Lipinski definition) is 0. The van der Waals surface area contributed by atoms with Crippen LogP contribution >= 0.6 is 11.3 Å². The first kappa shape index (κ1) is 16.3. The molecular formula is C18H28N4OS. The number of rotatable bonds is 4. The molecule has 1 spiro atoms. The Morgan fingerprint density at radius 1 is 1.17 bits per heavy atom. The predicted octanol–water partition coefficient (Wildman–Crippen LogP) is 3.25. The van der Waals surface area contributed by atoms with E-state index in [2.05, 4.69) is 26.9 Å². The lowest BCUT2D eigenvalue weighted by molar-refractivity contribution is -0.147. The Hall–Kier alpha value is -1.17. The second-order valence-corrected chi connectivity index (χ2v) is 8.76. The van der Waals surface area contributed by atoms with Gasteiger partial charge in [-0.2, -0.15) is 0 Å². The van der Waals surface area contributed by atoms with Crippen LogP contribution in [0, 0.1) is 5.41 Å². The van der Waals surface area contributed by atoms with Crippen molar-refractivity contribution in [1.82, 2.24) is 15.1 Å². The van der Waals surface area contributed by atoms with E-state index in [4.69, 9.17) is 0 Å². The van der Waals surface area contributed by atoms with Crippen LogP contribution in [-0.2, 0) is 11.2 Å². The summed E-state index contributed by atoms with van der Waals surface area (Å²) in [4.78, 5) is 17.8. The lowest BCUT2D eigenvalue weighted by Crippen LogP contribution is -2.53. The fourth-order valence-electron chi connectivity index (χ4n) is 4.77. The predicted molar refractivity (Wildman–Crippen MR) is 96.4 cm³/mol. The number of carbonyl (C=O) groups is 1. The number of amides is 1. The summed E-state index contributed by atoms with van der Waals surface area (Å²) in [6.07, 6.45) is 10.3. The molecule has 3 heterocycles. The minimum Gasteiger partial charge on any atom is -0.346 e. The molecule has 1 aromatic heterocycles. The summed E-state index contributed by atoms with van der Waals surface area (Å²) in [6.45, 7) is 4.94. The highest BCUT2D eigenvalue weighted by Gasteiger charge is 2.50. The van der Waals surface area contributed by atoms with Crippen LogP contribution in [0.2, 0.25) is 0 Å². The number of likely N-dealkylation sites (tertiary alicyclic amines) is 1. The highest BCUT2D eigenvalue weighted by molar-refractivity contribution is 7.15. The Kier molecular flexibility index (Phi) is 4.50. The van der Waals surface area contributed by atoms with Gasteiger partial charge < -0.3 is 9.80 Å². The van der Waals surface area contributed by atoms with Gasteiger partial charge in [0.2, 0.25) is 11.0 Å². The van der Waals surface area contributed by atoms with Crippen LogP contribution in [0.3, 0.4) is 0 Å². The van der Waals surface area contributed by atoms with Crippen molar-refractivity contribution in [3.05, 3.63) is 5.01 Å². The molecule has 0 aromatic carbocycles. The molecule has 0 N–H and O–H groups in total. The van der Waals surface area contributed by atoms with Gasteiger partial charge in [-0.3, -0.25) is 4.79 Å². The molecule has 1 amide bonds. The van der Waals surface area contributed by atoms with Gasteiger partial charge in [-0.1, -0.05) is 31.1 Å². The third-order valence-electron chi connectivity index (χ3n) is 6.08. The average Bonchev–Trinajstić information content (AvgIpc) is 3.31. The normalized spacial score (nSPS) is 28.5. The van der Waals surface area contributed by atoms with Gasteiger partial charge in [0.25, 0.3) is 0 Å². The largest absolute Gasteiger partial charge is 0.346 e. The molecule has 0 bridgehead atoms. The van der Waals surface area contributed by atoms with Crippen LogP contribution in [0.4, 0.5) is 5.13 Å². The van der Waals surface area contributed by atoms with Crippen LogP contribution in [0.1, 0.15) is 63.3 Å². The molecule has 0 radical (unpaired) electrons. The third-order valence-corrected chi connectivity index (χ3v) is 7.12. The van der Waals surface area contributed by atoms with E-state index in [0.717, 1.165) is 61.9 Å². The van der Waals surface area contributed by atoms with E-state index in [0.29, 0.717) is 11.9 Å². The summed E-state index contributed by atoms with van der Waals surface area (Å²) < 4.78 is 0. The number of nitrogens with zero attached hydrogens (tertiary/aromatic N) is 4. The van der Waals surface area contributed by atoms with Gasteiger partial charge in [0.15, 0.2) is 0 Å². The van der Waals surface area contributed by atoms with Gasteiger partial charge in [0.1, 0.15) is 5.01 Å². The maximum Gasteiger partial charge on any atom is 0.230 e. The van der Waals surface area contributed by atoms with E-state index in [1.807, 2.05) is 0 Å². The van der Waals surface area contributed by atoms with Crippen molar-refractivity contribution in [1.29, 1.82) is 0 Å². The van der Waals surface area contributed by atoms with Crippen molar-refractivity contribution in [2.24, 2.45) is 5.41 Å². The minimum atomic E-state index is -0.155. The van der Waals surface area contributed by atoms with Crippen LogP contribution in [0.25, 0.3) is 0 Å². The molecule has 24 heavy (non-hydrogen) atoms. The number of aryl methyl sites for hydroxylation is 1. The Labute approximate surface area is 148 Å². The summed E-state index contributed by atoms with van der Waals surface area (Å²) in [5.41, 5.74) is -0.155. The zero-order valence-electron chi connectivity index (χ0n) is 14.7. The SMILES string of the molecule is CCCc1nnc(N2CCC3(CCCN(C4CCCC4)C3=O)C2)s1. The fraction of sp³-hybridized carbons (Fsp3) is 0.833. The smallest absolute Gasteiger partial charge is 0.230 e. The number of anilines is 1. The van der Waals surface area contributed by atoms with Crippen molar-refractivity contribution < 1.29 is 4.79 Å². The van der Waals surface area contributed by atoms with E-state index in [9.17, 15) is 4.79 Å². The molecule has 2 aliphatic heterocycles. The number of piperidine rings is 1. The highest BCUT2D eigenvalue weighted by atomic mass is 32.1. The highest BCUT2D eigenvalue weighted by Crippen LogP contribution is 2.43. The Morgan fingerprint density at radius 3 is 2.79 bits per heavy atom. The number of aromatic nitrogens is 2. The van der Waals surface area contributed by atoms with Crippen molar-refractivity contribution in [3.63, 3.8) is 0 Å².